The summed E-state index contributed by atoms with van der Waals surface area (Å²) in [5.41, 5.74) is 1.33. The number of aromatic nitrogens is 4. The summed E-state index contributed by atoms with van der Waals surface area (Å²) in [7, 11) is 0. The van der Waals surface area contributed by atoms with Crippen molar-refractivity contribution in [3.63, 3.8) is 0 Å². The minimum atomic E-state index is -0.396. The van der Waals surface area contributed by atoms with Gasteiger partial charge in [-0.05, 0) is 64.9 Å². The molecule has 0 bridgehead atoms. The van der Waals surface area contributed by atoms with Gasteiger partial charge in [-0.2, -0.15) is 5.10 Å². The molecule has 5 rings (SSSR count). The summed E-state index contributed by atoms with van der Waals surface area (Å²) in [6.07, 6.45) is 10.3. The van der Waals surface area contributed by atoms with Crippen LogP contribution in [-0.4, -0.2) is 30.5 Å². The van der Waals surface area contributed by atoms with E-state index in [-0.39, 0.29) is 23.6 Å². The van der Waals surface area contributed by atoms with Gasteiger partial charge in [-0.3, -0.25) is 14.2 Å². The van der Waals surface area contributed by atoms with Crippen LogP contribution < -0.4 is 10.9 Å². The van der Waals surface area contributed by atoms with Gasteiger partial charge < -0.3 is 5.32 Å². The molecule has 3 heterocycles. The molecule has 1 amide bonds. The SMILES string of the molecule is CC(Sc1nc2sc3c(c2c(=O)n1C1CCCC1)CCCC3)C(=O)Nc1ccnn1C(C)C. The zero-order valence-electron chi connectivity index (χ0n) is 19.5. The zero-order valence-corrected chi connectivity index (χ0v) is 21.1. The summed E-state index contributed by atoms with van der Waals surface area (Å²) >= 11 is 3.07. The van der Waals surface area contributed by atoms with Gasteiger partial charge in [0.15, 0.2) is 5.16 Å². The molecule has 7 nitrogen and oxygen atoms in total. The molecule has 1 fully saturated rings. The largest absolute Gasteiger partial charge is 0.310 e. The molecule has 3 aromatic rings. The number of hydrogen-bond acceptors (Lipinski definition) is 6. The van der Waals surface area contributed by atoms with Crippen molar-refractivity contribution in [1.82, 2.24) is 19.3 Å². The lowest BCUT2D eigenvalue weighted by Crippen LogP contribution is -2.29. The number of thioether (sulfide) groups is 1. The Morgan fingerprint density at radius 2 is 1.94 bits per heavy atom. The zero-order chi connectivity index (χ0) is 23.1. The minimum absolute atomic E-state index is 0.0966. The Bertz CT molecular complexity index is 1240. The standard InChI is InChI=1S/C24H31N5O2S2/c1-14(2)29-19(12-13-25-29)26-21(30)15(3)32-24-27-22-20(17-10-6-7-11-18(17)33-22)23(31)28(24)16-8-4-5-9-16/h12-16H,4-11H2,1-3H3,(H,26,30). The molecule has 1 N–H and O–H groups in total. The topological polar surface area (TPSA) is 81.8 Å². The summed E-state index contributed by atoms with van der Waals surface area (Å²) in [5, 5.41) is 8.41. The minimum Gasteiger partial charge on any atom is -0.310 e. The monoisotopic (exact) mass is 485 g/mol. The summed E-state index contributed by atoms with van der Waals surface area (Å²) in [6.45, 7) is 5.94. The Morgan fingerprint density at radius 3 is 2.70 bits per heavy atom. The molecule has 0 spiro atoms. The number of rotatable bonds is 6. The third kappa shape index (κ3) is 4.25. The van der Waals surface area contributed by atoms with Crippen LogP contribution in [0.2, 0.25) is 0 Å². The van der Waals surface area contributed by atoms with E-state index in [9.17, 15) is 9.59 Å². The van der Waals surface area contributed by atoms with Gasteiger partial charge in [-0.15, -0.1) is 11.3 Å². The Labute approximate surface area is 202 Å². The normalized spacial score (nSPS) is 17.6. The van der Waals surface area contributed by atoms with Gasteiger partial charge in [-0.25, -0.2) is 9.67 Å². The molecule has 176 valence electrons. The van der Waals surface area contributed by atoms with Crippen molar-refractivity contribution in [3.05, 3.63) is 33.1 Å². The van der Waals surface area contributed by atoms with Gasteiger partial charge >= 0.3 is 0 Å². The van der Waals surface area contributed by atoms with Crippen LogP contribution >= 0.6 is 23.1 Å². The quantitative estimate of drug-likeness (QED) is 0.376. The lowest BCUT2D eigenvalue weighted by Gasteiger charge is -2.20. The average molecular weight is 486 g/mol. The van der Waals surface area contributed by atoms with Crippen molar-refractivity contribution < 1.29 is 4.79 Å². The van der Waals surface area contributed by atoms with Crippen molar-refractivity contribution in [2.75, 3.05) is 5.32 Å². The number of nitrogens with zero attached hydrogens (tertiary/aromatic N) is 4. The van der Waals surface area contributed by atoms with Gasteiger partial charge in [0.1, 0.15) is 10.6 Å². The van der Waals surface area contributed by atoms with E-state index in [1.165, 1.54) is 28.6 Å². The second-order valence-electron chi connectivity index (χ2n) is 9.40. The van der Waals surface area contributed by atoms with Crippen LogP contribution in [0.1, 0.15) is 81.8 Å². The maximum Gasteiger partial charge on any atom is 0.263 e. The molecule has 0 aliphatic heterocycles. The Hall–Kier alpha value is -2.13. The summed E-state index contributed by atoms with van der Waals surface area (Å²) in [5.74, 6) is 0.574. The van der Waals surface area contributed by atoms with Crippen LogP contribution in [0.25, 0.3) is 10.2 Å². The molecule has 2 aliphatic carbocycles. The maximum absolute atomic E-state index is 13.8. The molecular formula is C24H31N5O2S2. The number of amides is 1. The second-order valence-corrected chi connectivity index (χ2v) is 11.8. The highest BCUT2D eigenvalue weighted by Gasteiger charge is 2.29. The van der Waals surface area contributed by atoms with E-state index in [2.05, 4.69) is 10.4 Å². The first-order chi connectivity index (χ1) is 15.9. The highest BCUT2D eigenvalue weighted by molar-refractivity contribution is 8.00. The summed E-state index contributed by atoms with van der Waals surface area (Å²) < 4.78 is 3.72. The third-order valence-electron chi connectivity index (χ3n) is 6.74. The lowest BCUT2D eigenvalue weighted by atomic mass is 9.97. The van der Waals surface area contributed by atoms with Crippen LogP contribution in [0.15, 0.2) is 22.2 Å². The van der Waals surface area contributed by atoms with E-state index in [4.69, 9.17) is 4.98 Å². The van der Waals surface area contributed by atoms with E-state index < -0.39 is 5.25 Å². The van der Waals surface area contributed by atoms with Crippen LogP contribution in [0.5, 0.6) is 0 Å². The number of carbonyl (C=O) groups is 1. The van der Waals surface area contributed by atoms with E-state index in [0.29, 0.717) is 11.0 Å². The molecule has 3 aromatic heterocycles. The number of carbonyl (C=O) groups excluding carboxylic acids is 1. The molecular weight excluding hydrogens is 454 g/mol. The Balaban J connectivity index is 1.48. The maximum atomic E-state index is 13.8. The number of anilines is 1. The van der Waals surface area contributed by atoms with Crippen molar-refractivity contribution >= 4 is 45.0 Å². The van der Waals surface area contributed by atoms with Crippen molar-refractivity contribution in [2.24, 2.45) is 0 Å². The number of nitrogens with one attached hydrogen (secondary N) is 1. The lowest BCUT2D eigenvalue weighted by molar-refractivity contribution is -0.115. The Morgan fingerprint density at radius 1 is 1.18 bits per heavy atom. The van der Waals surface area contributed by atoms with Gasteiger partial charge in [0.25, 0.3) is 5.56 Å². The van der Waals surface area contributed by atoms with Crippen LogP contribution in [0, 0.1) is 0 Å². The summed E-state index contributed by atoms with van der Waals surface area (Å²) in [6, 6.07) is 2.14. The van der Waals surface area contributed by atoms with Crippen molar-refractivity contribution in [1.29, 1.82) is 0 Å². The molecule has 33 heavy (non-hydrogen) atoms. The highest BCUT2D eigenvalue weighted by atomic mass is 32.2. The number of thiophene rings is 1. The van der Waals surface area contributed by atoms with E-state index >= 15 is 0 Å². The molecule has 1 saturated carbocycles. The first-order valence-corrected chi connectivity index (χ1v) is 13.7. The fourth-order valence-corrected chi connectivity index (χ4v) is 7.31. The Kier molecular flexibility index (Phi) is 6.35. The fourth-order valence-electron chi connectivity index (χ4n) is 5.03. The van der Waals surface area contributed by atoms with Gasteiger partial charge in [-0.1, -0.05) is 24.6 Å². The second kappa shape index (κ2) is 9.25. The fraction of sp³-hybridized carbons (Fsp3) is 0.583. The van der Waals surface area contributed by atoms with Crippen LogP contribution in [0.3, 0.4) is 0 Å². The van der Waals surface area contributed by atoms with Crippen LogP contribution in [0.4, 0.5) is 5.82 Å². The number of aryl methyl sites for hydroxylation is 2. The third-order valence-corrected chi connectivity index (χ3v) is 8.99. The molecule has 0 aromatic carbocycles. The molecule has 1 atom stereocenters. The highest BCUT2D eigenvalue weighted by Crippen LogP contribution is 2.38. The smallest absolute Gasteiger partial charge is 0.263 e. The average Bonchev–Trinajstić information content (AvgIpc) is 3.53. The van der Waals surface area contributed by atoms with E-state index in [1.807, 2.05) is 31.4 Å². The first kappa shape index (κ1) is 22.7. The van der Waals surface area contributed by atoms with Crippen LogP contribution in [-0.2, 0) is 17.6 Å². The van der Waals surface area contributed by atoms with Gasteiger partial charge in [0.2, 0.25) is 5.91 Å². The molecule has 1 unspecified atom stereocenters. The van der Waals surface area contributed by atoms with Gasteiger partial charge in [0.05, 0.1) is 16.8 Å². The summed E-state index contributed by atoms with van der Waals surface area (Å²) in [4.78, 5) is 34.0. The molecule has 2 aliphatic rings. The van der Waals surface area contributed by atoms with Crippen molar-refractivity contribution in [2.45, 2.75) is 94.6 Å². The van der Waals surface area contributed by atoms with Gasteiger partial charge in [0, 0.05) is 23.0 Å². The predicted octanol–water partition coefficient (Wildman–Crippen LogP) is 5.35. The van der Waals surface area contributed by atoms with E-state index in [0.717, 1.165) is 55.2 Å². The van der Waals surface area contributed by atoms with E-state index in [1.54, 1.807) is 22.2 Å². The number of hydrogen-bond donors (Lipinski definition) is 1. The molecule has 9 heteroatoms. The first-order valence-electron chi connectivity index (χ1n) is 12.0. The molecule has 0 radical (unpaired) electrons. The molecule has 0 saturated heterocycles. The number of fused-ring (bicyclic) bond motifs is 3. The predicted molar refractivity (Wildman–Crippen MR) is 135 cm³/mol. The van der Waals surface area contributed by atoms with Crippen molar-refractivity contribution in [3.8, 4) is 0 Å².